The van der Waals surface area contributed by atoms with Crippen molar-refractivity contribution in [2.24, 2.45) is 0 Å². The maximum atomic E-state index is 11.5. The van der Waals surface area contributed by atoms with Crippen molar-refractivity contribution in [1.29, 1.82) is 0 Å². The third-order valence-electron chi connectivity index (χ3n) is 3.00. The second-order valence-corrected chi connectivity index (χ2v) is 5.54. The molecule has 0 aromatic rings. The second kappa shape index (κ2) is 4.80. The fourth-order valence-corrected chi connectivity index (χ4v) is 2.44. The molecule has 2 heterocycles. The molecule has 2 rings (SSSR count). The summed E-state index contributed by atoms with van der Waals surface area (Å²) in [4.78, 5) is 11.5. The predicted octanol–water partition coefficient (Wildman–Crippen LogP) is 1.83. The number of rotatable bonds is 1. The van der Waals surface area contributed by atoms with Gasteiger partial charge in [-0.05, 0) is 40.0 Å². The number of ether oxygens (including phenoxy) is 1. The first-order valence-electron chi connectivity index (χ1n) is 5.69. The lowest BCUT2D eigenvalue weighted by Crippen LogP contribution is -2.45. The molecule has 4 nitrogen and oxygen atoms in total. The Balaban J connectivity index is 0.00000128. The number of halogens is 1. The van der Waals surface area contributed by atoms with Gasteiger partial charge < -0.3 is 15.4 Å². The highest BCUT2D eigenvalue weighted by Gasteiger charge is 2.40. The van der Waals surface area contributed by atoms with E-state index >= 15 is 0 Å². The fraction of sp³-hybridized carbons (Fsp3) is 0.909. The molecule has 0 saturated carbocycles. The van der Waals surface area contributed by atoms with E-state index in [2.05, 4.69) is 10.6 Å². The van der Waals surface area contributed by atoms with Gasteiger partial charge >= 0.3 is 6.09 Å². The molecule has 2 bridgehead atoms. The monoisotopic (exact) mass is 248 g/mol. The van der Waals surface area contributed by atoms with Gasteiger partial charge in [0.15, 0.2) is 0 Å². The van der Waals surface area contributed by atoms with Crippen molar-refractivity contribution < 1.29 is 9.53 Å². The van der Waals surface area contributed by atoms with Crippen LogP contribution in [0, 0.1) is 0 Å². The topological polar surface area (TPSA) is 50.4 Å². The van der Waals surface area contributed by atoms with Gasteiger partial charge in [-0.3, -0.25) is 0 Å². The van der Waals surface area contributed by atoms with Gasteiger partial charge in [-0.1, -0.05) is 0 Å². The SMILES string of the molecule is CC(C)(C)OC(=O)N[C@H]1C[C@H]2CC[C@@H]1N2.Cl. The summed E-state index contributed by atoms with van der Waals surface area (Å²) in [5, 5.41) is 6.42. The summed E-state index contributed by atoms with van der Waals surface area (Å²) in [5.41, 5.74) is -0.408. The first-order valence-corrected chi connectivity index (χ1v) is 5.69. The number of hydrogen-bond acceptors (Lipinski definition) is 3. The Morgan fingerprint density at radius 1 is 1.38 bits per heavy atom. The number of carbonyl (C=O) groups excluding carboxylic acids is 1. The highest BCUT2D eigenvalue weighted by Crippen LogP contribution is 2.28. The van der Waals surface area contributed by atoms with Crippen molar-refractivity contribution in [2.45, 2.75) is 63.8 Å². The van der Waals surface area contributed by atoms with Crippen LogP contribution in [0.15, 0.2) is 0 Å². The van der Waals surface area contributed by atoms with Crippen LogP contribution in [0.3, 0.4) is 0 Å². The molecule has 1 amide bonds. The smallest absolute Gasteiger partial charge is 0.407 e. The van der Waals surface area contributed by atoms with E-state index in [1.54, 1.807) is 0 Å². The zero-order valence-electron chi connectivity index (χ0n) is 10.1. The molecule has 2 saturated heterocycles. The maximum absolute atomic E-state index is 11.5. The summed E-state index contributed by atoms with van der Waals surface area (Å²) in [6.07, 6.45) is 3.17. The lowest BCUT2D eigenvalue weighted by molar-refractivity contribution is 0.0497. The molecule has 3 atom stereocenters. The second-order valence-electron chi connectivity index (χ2n) is 5.54. The van der Waals surface area contributed by atoms with Crippen LogP contribution in [0.2, 0.25) is 0 Å². The van der Waals surface area contributed by atoms with E-state index in [4.69, 9.17) is 4.74 Å². The van der Waals surface area contributed by atoms with Crippen molar-refractivity contribution in [1.82, 2.24) is 10.6 Å². The molecule has 2 N–H and O–H groups in total. The molecule has 16 heavy (non-hydrogen) atoms. The molecule has 94 valence electrons. The van der Waals surface area contributed by atoms with E-state index in [0.29, 0.717) is 12.1 Å². The number of carbonyl (C=O) groups is 1. The molecule has 0 aromatic heterocycles. The number of hydrogen-bond donors (Lipinski definition) is 2. The Hall–Kier alpha value is -0.480. The molecular formula is C11H21ClN2O2. The van der Waals surface area contributed by atoms with Crippen LogP contribution >= 0.6 is 12.4 Å². The highest BCUT2D eigenvalue weighted by atomic mass is 35.5. The van der Waals surface area contributed by atoms with Crippen molar-refractivity contribution in [3.63, 3.8) is 0 Å². The predicted molar refractivity (Wildman–Crippen MR) is 65.0 cm³/mol. The zero-order valence-corrected chi connectivity index (χ0v) is 10.9. The molecule has 0 aromatic carbocycles. The summed E-state index contributed by atoms with van der Waals surface area (Å²) >= 11 is 0. The van der Waals surface area contributed by atoms with Crippen LogP contribution in [-0.4, -0.2) is 29.8 Å². The summed E-state index contributed by atoms with van der Waals surface area (Å²) in [6.45, 7) is 5.64. The van der Waals surface area contributed by atoms with Gasteiger partial charge in [-0.15, -0.1) is 12.4 Å². The van der Waals surface area contributed by atoms with E-state index < -0.39 is 5.60 Å². The van der Waals surface area contributed by atoms with Gasteiger partial charge in [0.25, 0.3) is 0 Å². The zero-order chi connectivity index (χ0) is 11.1. The van der Waals surface area contributed by atoms with Gasteiger partial charge in [-0.25, -0.2) is 4.79 Å². The number of alkyl carbamates (subject to hydrolysis) is 1. The van der Waals surface area contributed by atoms with Crippen molar-refractivity contribution >= 4 is 18.5 Å². The summed E-state index contributed by atoms with van der Waals surface area (Å²) in [7, 11) is 0. The van der Waals surface area contributed by atoms with Crippen LogP contribution in [0.1, 0.15) is 40.0 Å². The first-order chi connectivity index (χ1) is 6.94. The average Bonchev–Trinajstić information content (AvgIpc) is 2.60. The molecule has 2 aliphatic rings. The van der Waals surface area contributed by atoms with E-state index in [0.717, 1.165) is 6.42 Å². The van der Waals surface area contributed by atoms with Crippen LogP contribution in [0.25, 0.3) is 0 Å². The molecule has 2 fully saturated rings. The molecule has 5 heteroatoms. The molecular weight excluding hydrogens is 228 g/mol. The van der Waals surface area contributed by atoms with Crippen molar-refractivity contribution in [3.05, 3.63) is 0 Å². The first kappa shape index (κ1) is 13.6. The Kier molecular flexibility index (Phi) is 4.07. The number of fused-ring (bicyclic) bond motifs is 2. The molecule has 0 radical (unpaired) electrons. The van der Waals surface area contributed by atoms with E-state index in [9.17, 15) is 4.79 Å². The minimum atomic E-state index is -0.408. The summed E-state index contributed by atoms with van der Waals surface area (Å²) in [6, 6.07) is 1.33. The lowest BCUT2D eigenvalue weighted by atomic mass is 9.96. The average molecular weight is 249 g/mol. The minimum absolute atomic E-state index is 0. The lowest BCUT2D eigenvalue weighted by Gasteiger charge is -2.25. The Bertz CT molecular complexity index is 265. The van der Waals surface area contributed by atoms with Crippen molar-refractivity contribution in [3.8, 4) is 0 Å². The minimum Gasteiger partial charge on any atom is -0.444 e. The Morgan fingerprint density at radius 2 is 2.06 bits per heavy atom. The Labute approximate surface area is 103 Å². The van der Waals surface area contributed by atoms with E-state index in [-0.39, 0.29) is 24.5 Å². The van der Waals surface area contributed by atoms with Gasteiger partial charge in [0.1, 0.15) is 5.60 Å². The Morgan fingerprint density at radius 3 is 2.50 bits per heavy atom. The summed E-state index contributed by atoms with van der Waals surface area (Å²) in [5.74, 6) is 0. The van der Waals surface area contributed by atoms with E-state index in [1.165, 1.54) is 12.8 Å². The normalized spacial score (nSPS) is 32.1. The van der Waals surface area contributed by atoms with Gasteiger partial charge in [0.2, 0.25) is 0 Å². The van der Waals surface area contributed by atoms with Gasteiger partial charge in [0.05, 0.1) is 0 Å². The third-order valence-corrected chi connectivity index (χ3v) is 3.00. The molecule has 0 aliphatic carbocycles. The third kappa shape index (κ3) is 3.25. The standard InChI is InChI=1S/C11H20N2O2.ClH/c1-11(2,3)15-10(14)13-9-6-7-4-5-8(9)12-7;/h7-9,12H,4-6H2,1-3H3,(H,13,14);1H/t7-,8+,9+;/m1./s1. The fourth-order valence-electron chi connectivity index (χ4n) is 2.44. The number of amides is 1. The van der Waals surface area contributed by atoms with Crippen LogP contribution < -0.4 is 10.6 Å². The molecule has 0 spiro atoms. The van der Waals surface area contributed by atoms with Gasteiger partial charge in [0, 0.05) is 18.1 Å². The highest BCUT2D eigenvalue weighted by molar-refractivity contribution is 5.85. The molecule has 2 aliphatic heterocycles. The largest absolute Gasteiger partial charge is 0.444 e. The van der Waals surface area contributed by atoms with Gasteiger partial charge in [-0.2, -0.15) is 0 Å². The van der Waals surface area contributed by atoms with Crippen LogP contribution in [0.4, 0.5) is 4.79 Å². The van der Waals surface area contributed by atoms with Crippen molar-refractivity contribution in [2.75, 3.05) is 0 Å². The number of nitrogens with one attached hydrogen (secondary N) is 2. The maximum Gasteiger partial charge on any atom is 0.407 e. The summed E-state index contributed by atoms with van der Waals surface area (Å²) < 4.78 is 5.23. The quantitative estimate of drug-likeness (QED) is 0.744. The van der Waals surface area contributed by atoms with E-state index in [1.807, 2.05) is 20.8 Å². The van der Waals surface area contributed by atoms with Crippen LogP contribution in [-0.2, 0) is 4.74 Å². The van der Waals surface area contributed by atoms with Crippen LogP contribution in [0.5, 0.6) is 0 Å². The molecule has 0 unspecified atom stereocenters.